The summed E-state index contributed by atoms with van der Waals surface area (Å²) in [6.07, 6.45) is 0. The van der Waals surface area contributed by atoms with Crippen molar-refractivity contribution in [1.82, 2.24) is 15.0 Å². The molecule has 0 bridgehead atoms. The highest BCUT2D eigenvalue weighted by Crippen LogP contribution is 2.62. The van der Waals surface area contributed by atoms with Gasteiger partial charge in [0.05, 0.1) is 5.41 Å². The molecule has 9 aromatic carbocycles. The zero-order chi connectivity index (χ0) is 38.2. The average Bonchev–Trinajstić information content (AvgIpc) is 3.58. The summed E-state index contributed by atoms with van der Waals surface area (Å²) >= 11 is 0. The summed E-state index contributed by atoms with van der Waals surface area (Å²) in [5.41, 5.74) is 11.9. The molecule has 58 heavy (non-hydrogen) atoms. The van der Waals surface area contributed by atoms with Gasteiger partial charge in [0.2, 0.25) is 0 Å². The molecule has 4 nitrogen and oxygen atoms in total. The van der Waals surface area contributed by atoms with Crippen molar-refractivity contribution >= 4 is 21.5 Å². The SMILES string of the molecule is c1ccc2c(c1)Oc1ccccc1C21c2ccccc2-c2ccc(-c3ccc(-c4nc(-c5ccc6ccccc6c5)nc(-c5ccc6ccccc6c5)n4)cc3)cc21. The summed E-state index contributed by atoms with van der Waals surface area (Å²) in [5, 5.41) is 4.64. The van der Waals surface area contributed by atoms with Crippen LogP contribution in [-0.4, -0.2) is 15.0 Å². The first-order chi connectivity index (χ1) is 28.7. The maximum Gasteiger partial charge on any atom is 0.164 e. The Morgan fingerprint density at radius 2 is 0.724 bits per heavy atom. The number of aromatic nitrogens is 3. The lowest BCUT2D eigenvalue weighted by molar-refractivity contribution is 0.436. The third kappa shape index (κ3) is 4.92. The number of benzene rings is 9. The minimum atomic E-state index is -0.517. The van der Waals surface area contributed by atoms with Crippen molar-refractivity contribution in [3.05, 3.63) is 222 Å². The Morgan fingerprint density at radius 3 is 1.33 bits per heavy atom. The number of rotatable bonds is 4. The van der Waals surface area contributed by atoms with Crippen LogP contribution in [-0.2, 0) is 5.41 Å². The van der Waals surface area contributed by atoms with Gasteiger partial charge in [-0.2, -0.15) is 0 Å². The fourth-order valence-electron chi connectivity index (χ4n) is 9.27. The number of para-hydroxylation sites is 2. The van der Waals surface area contributed by atoms with Gasteiger partial charge in [-0.1, -0.05) is 170 Å². The highest BCUT2D eigenvalue weighted by Gasteiger charge is 2.51. The molecule has 1 aliphatic carbocycles. The predicted octanol–water partition coefficient (Wildman–Crippen LogP) is 13.3. The van der Waals surface area contributed by atoms with Crippen LogP contribution < -0.4 is 4.74 Å². The quantitative estimate of drug-likeness (QED) is 0.180. The van der Waals surface area contributed by atoms with Crippen LogP contribution in [0.25, 0.3) is 78.0 Å². The van der Waals surface area contributed by atoms with Crippen molar-refractivity contribution in [2.45, 2.75) is 5.41 Å². The van der Waals surface area contributed by atoms with E-state index in [4.69, 9.17) is 19.7 Å². The molecule has 1 spiro atoms. The van der Waals surface area contributed by atoms with Crippen LogP contribution in [0.15, 0.2) is 200 Å². The summed E-state index contributed by atoms with van der Waals surface area (Å²) in [6, 6.07) is 71.0. The van der Waals surface area contributed by atoms with E-state index in [-0.39, 0.29) is 0 Å². The summed E-state index contributed by atoms with van der Waals surface area (Å²) in [5.74, 6) is 3.70. The third-order valence-corrected chi connectivity index (χ3v) is 12.0. The normalized spacial score (nSPS) is 13.1. The molecule has 0 saturated carbocycles. The van der Waals surface area contributed by atoms with Crippen molar-refractivity contribution in [2.24, 2.45) is 0 Å². The van der Waals surface area contributed by atoms with Gasteiger partial charge in [-0.3, -0.25) is 0 Å². The minimum absolute atomic E-state index is 0.517. The molecule has 0 radical (unpaired) electrons. The summed E-state index contributed by atoms with van der Waals surface area (Å²) < 4.78 is 6.56. The van der Waals surface area contributed by atoms with E-state index in [0.29, 0.717) is 17.5 Å². The van der Waals surface area contributed by atoms with Gasteiger partial charge in [-0.15, -0.1) is 0 Å². The zero-order valence-electron chi connectivity index (χ0n) is 31.3. The topological polar surface area (TPSA) is 47.9 Å². The molecule has 1 aromatic heterocycles. The van der Waals surface area contributed by atoms with Gasteiger partial charge in [-0.05, 0) is 85.3 Å². The first-order valence-corrected chi connectivity index (χ1v) is 19.7. The Morgan fingerprint density at radius 1 is 0.293 bits per heavy atom. The molecule has 0 atom stereocenters. The largest absolute Gasteiger partial charge is 0.457 e. The molecule has 0 fully saturated rings. The molecule has 10 aromatic rings. The highest BCUT2D eigenvalue weighted by atomic mass is 16.5. The van der Waals surface area contributed by atoms with Gasteiger partial charge in [0.1, 0.15) is 11.5 Å². The van der Waals surface area contributed by atoms with Crippen LogP contribution in [0.4, 0.5) is 0 Å². The molecule has 1 aliphatic heterocycles. The standard InChI is InChI=1S/C54H33N3O/c1-3-13-38-31-41(27-23-34(38)11-1)52-55-51(56-53(57-52)42-28-24-35-12-2-4-14-39(35)32-42)37-25-21-36(22-26-37)40-29-30-44-43-15-5-6-16-45(43)54(48(44)33-40)46-17-7-9-19-49(46)58-50-20-10-8-18-47(50)54/h1-33H. The van der Waals surface area contributed by atoms with Crippen molar-refractivity contribution in [3.63, 3.8) is 0 Å². The van der Waals surface area contributed by atoms with Crippen LogP contribution in [0, 0.1) is 0 Å². The number of hydrogen-bond donors (Lipinski definition) is 0. The number of fused-ring (bicyclic) bond motifs is 11. The molecule has 2 aliphatic rings. The minimum Gasteiger partial charge on any atom is -0.457 e. The lowest BCUT2D eigenvalue weighted by atomic mass is 9.66. The fourth-order valence-corrected chi connectivity index (χ4v) is 9.27. The first-order valence-electron chi connectivity index (χ1n) is 19.7. The smallest absolute Gasteiger partial charge is 0.164 e. The fraction of sp³-hybridized carbons (Fsp3) is 0.0185. The van der Waals surface area contributed by atoms with Gasteiger partial charge in [0, 0.05) is 27.8 Å². The van der Waals surface area contributed by atoms with Crippen LogP contribution in [0.2, 0.25) is 0 Å². The van der Waals surface area contributed by atoms with Crippen LogP contribution in [0.3, 0.4) is 0 Å². The van der Waals surface area contributed by atoms with Crippen molar-refractivity contribution in [1.29, 1.82) is 0 Å². The number of nitrogens with zero attached hydrogens (tertiary/aromatic N) is 3. The first kappa shape index (κ1) is 32.5. The third-order valence-electron chi connectivity index (χ3n) is 12.0. The predicted molar refractivity (Wildman–Crippen MR) is 234 cm³/mol. The van der Waals surface area contributed by atoms with Gasteiger partial charge in [0.25, 0.3) is 0 Å². The second kappa shape index (κ2) is 12.7. The maximum atomic E-state index is 6.56. The second-order valence-corrected chi connectivity index (χ2v) is 15.2. The van der Waals surface area contributed by atoms with Crippen LogP contribution in [0.1, 0.15) is 22.3 Å². The molecule has 0 amide bonds. The molecule has 0 unspecified atom stereocenters. The van der Waals surface area contributed by atoms with Gasteiger partial charge >= 0.3 is 0 Å². The lowest BCUT2D eigenvalue weighted by Crippen LogP contribution is -2.32. The molecule has 270 valence electrons. The Labute approximate surface area is 335 Å². The molecule has 0 N–H and O–H groups in total. The summed E-state index contributed by atoms with van der Waals surface area (Å²) in [4.78, 5) is 15.3. The van der Waals surface area contributed by atoms with E-state index in [0.717, 1.165) is 61.2 Å². The molecule has 4 heteroatoms. The van der Waals surface area contributed by atoms with E-state index in [9.17, 15) is 0 Å². The molecule has 2 heterocycles. The number of ether oxygens (including phenoxy) is 1. The monoisotopic (exact) mass is 739 g/mol. The average molecular weight is 740 g/mol. The molecule has 12 rings (SSSR count). The van der Waals surface area contributed by atoms with E-state index >= 15 is 0 Å². The van der Waals surface area contributed by atoms with E-state index in [1.165, 1.54) is 33.0 Å². The Balaban J connectivity index is 0.989. The summed E-state index contributed by atoms with van der Waals surface area (Å²) in [7, 11) is 0. The van der Waals surface area contributed by atoms with Gasteiger partial charge in [0.15, 0.2) is 17.5 Å². The lowest BCUT2D eigenvalue weighted by Gasteiger charge is -2.39. The Bertz CT molecular complexity index is 3130. The second-order valence-electron chi connectivity index (χ2n) is 15.2. The molecule has 0 saturated heterocycles. The van der Waals surface area contributed by atoms with E-state index in [2.05, 4.69) is 200 Å². The van der Waals surface area contributed by atoms with Crippen molar-refractivity contribution < 1.29 is 4.74 Å². The van der Waals surface area contributed by atoms with Gasteiger partial charge in [-0.25, -0.2) is 15.0 Å². The highest BCUT2D eigenvalue weighted by molar-refractivity contribution is 5.91. The van der Waals surface area contributed by atoms with E-state index in [1.54, 1.807) is 0 Å². The zero-order valence-corrected chi connectivity index (χ0v) is 31.3. The maximum absolute atomic E-state index is 6.56. The van der Waals surface area contributed by atoms with Crippen molar-refractivity contribution in [2.75, 3.05) is 0 Å². The number of hydrogen-bond acceptors (Lipinski definition) is 4. The van der Waals surface area contributed by atoms with E-state index in [1.807, 2.05) is 0 Å². The Hall–Kier alpha value is -7.69. The van der Waals surface area contributed by atoms with Gasteiger partial charge < -0.3 is 4.74 Å². The van der Waals surface area contributed by atoms with Crippen LogP contribution >= 0.6 is 0 Å². The van der Waals surface area contributed by atoms with Crippen molar-refractivity contribution in [3.8, 4) is 67.9 Å². The molecular weight excluding hydrogens is 707 g/mol. The summed E-state index contributed by atoms with van der Waals surface area (Å²) in [6.45, 7) is 0. The van der Waals surface area contributed by atoms with E-state index < -0.39 is 5.41 Å². The van der Waals surface area contributed by atoms with Crippen LogP contribution in [0.5, 0.6) is 11.5 Å². The molecular formula is C54H33N3O. The Kier molecular flexibility index (Phi) is 7.11.